The second-order valence-electron chi connectivity index (χ2n) is 7.75. The Balaban J connectivity index is 1.71. The first-order valence-electron chi connectivity index (χ1n) is 10.2. The summed E-state index contributed by atoms with van der Waals surface area (Å²) in [6.45, 7) is 5.69. The number of hydrogen-bond donors (Lipinski definition) is 1. The zero-order chi connectivity index (χ0) is 21.5. The number of aromatic nitrogens is 1. The van der Waals surface area contributed by atoms with Crippen molar-refractivity contribution in [3.05, 3.63) is 35.2 Å². The highest BCUT2D eigenvalue weighted by Crippen LogP contribution is 2.35. The Morgan fingerprint density at radius 2 is 1.67 bits per heavy atom. The first kappa shape index (κ1) is 20.6. The van der Waals surface area contributed by atoms with Crippen LogP contribution in [0, 0.1) is 13.8 Å². The molecule has 2 aliphatic rings. The molecule has 1 aromatic carbocycles. The third-order valence-corrected chi connectivity index (χ3v) is 7.39. The third-order valence-electron chi connectivity index (χ3n) is 5.84. The number of carbonyl (C=O) groups excluding carboxylic acids is 1. The summed E-state index contributed by atoms with van der Waals surface area (Å²) in [4.78, 5) is 15.1. The summed E-state index contributed by atoms with van der Waals surface area (Å²) in [6.07, 6.45) is 2.97. The number of carbonyl (C=O) groups is 1. The molecule has 1 N–H and O–H groups in total. The Kier molecular flexibility index (Phi) is 5.40. The van der Waals surface area contributed by atoms with Gasteiger partial charge in [-0.15, -0.1) is 0 Å². The topological polar surface area (TPSA) is 89.9 Å². The van der Waals surface area contributed by atoms with E-state index >= 15 is 0 Å². The zero-order valence-electron chi connectivity index (χ0n) is 17.5. The van der Waals surface area contributed by atoms with Crippen LogP contribution < -0.4 is 14.2 Å². The molecule has 4 rings (SSSR count). The van der Waals surface area contributed by atoms with Gasteiger partial charge in [-0.1, -0.05) is 0 Å². The monoisotopic (exact) mass is 433 g/mol. The highest BCUT2D eigenvalue weighted by atomic mass is 32.2. The number of amides is 1. The summed E-state index contributed by atoms with van der Waals surface area (Å²) in [5.74, 6) is 0.849. The maximum absolute atomic E-state index is 13.4. The number of anilines is 1. The van der Waals surface area contributed by atoms with Crippen molar-refractivity contribution in [2.75, 3.05) is 31.0 Å². The molecule has 0 bridgehead atoms. The number of benzene rings is 1. The Bertz CT molecular complexity index is 1080. The average Bonchev–Trinajstić information content (AvgIpc) is 2.98. The van der Waals surface area contributed by atoms with Crippen LogP contribution in [0.2, 0.25) is 0 Å². The number of rotatable bonds is 4. The van der Waals surface area contributed by atoms with E-state index < -0.39 is 10.0 Å². The molecule has 0 saturated carbocycles. The van der Waals surface area contributed by atoms with Crippen molar-refractivity contribution in [1.82, 2.24) is 9.47 Å². The molecule has 0 spiro atoms. The number of sulfonamides is 1. The number of nitrogens with zero attached hydrogens (tertiary/aromatic N) is 2. The second-order valence-corrected chi connectivity index (χ2v) is 9.37. The van der Waals surface area contributed by atoms with Crippen LogP contribution >= 0.6 is 0 Å². The highest BCUT2D eigenvalue weighted by molar-refractivity contribution is 7.92. The molecule has 9 heteroatoms. The fourth-order valence-electron chi connectivity index (χ4n) is 4.07. The Hall–Kier alpha value is -2.68. The Morgan fingerprint density at radius 3 is 2.37 bits per heavy atom. The molecule has 0 unspecified atom stereocenters. The predicted molar refractivity (Wildman–Crippen MR) is 113 cm³/mol. The summed E-state index contributed by atoms with van der Waals surface area (Å²) in [6, 6.07) is 4.90. The van der Waals surface area contributed by atoms with Crippen LogP contribution in [0.1, 0.15) is 41.0 Å². The normalized spacial score (nSPS) is 16.4. The second kappa shape index (κ2) is 7.86. The molecule has 1 aromatic heterocycles. The van der Waals surface area contributed by atoms with E-state index in [4.69, 9.17) is 9.47 Å². The van der Waals surface area contributed by atoms with Crippen molar-refractivity contribution < 1.29 is 22.7 Å². The number of ether oxygens (including phenoxy) is 2. The molecule has 0 aliphatic carbocycles. The van der Waals surface area contributed by atoms with Crippen LogP contribution in [-0.2, 0) is 17.1 Å². The van der Waals surface area contributed by atoms with E-state index in [1.807, 2.05) is 0 Å². The van der Waals surface area contributed by atoms with Crippen LogP contribution in [-0.4, -0.2) is 50.1 Å². The average molecular weight is 434 g/mol. The van der Waals surface area contributed by atoms with Crippen molar-refractivity contribution in [2.45, 2.75) is 38.0 Å². The van der Waals surface area contributed by atoms with Crippen molar-refractivity contribution >= 4 is 21.6 Å². The molecule has 0 atom stereocenters. The molecule has 162 valence electrons. The quantitative estimate of drug-likeness (QED) is 0.801. The van der Waals surface area contributed by atoms with E-state index in [1.54, 1.807) is 48.6 Å². The van der Waals surface area contributed by atoms with Gasteiger partial charge in [0.15, 0.2) is 11.5 Å². The zero-order valence-corrected chi connectivity index (χ0v) is 18.3. The summed E-state index contributed by atoms with van der Waals surface area (Å²) < 4.78 is 42.2. The van der Waals surface area contributed by atoms with E-state index in [1.165, 1.54) is 0 Å². The van der Waals surface area contributed by atoms with Crippen LogP contribution in [0.3, 0.4) is 0 Å². The molecule has 30 heavy (non-hydrogen) atoms. The van der Waals surface area contributed by atoms with Gasteiger partial charge in [-0.3, -0.25) is 9.52 Å². The van der Waals surface area contributed by atoms with Crippen molar-refractivity contribution in [3.8, 4) is 11.5 Å². The number of piperidine rings is 1. The standard InChI is InChI=1S/C21H27N3O5S/c1-14-19(21(25)24-9-5-4-6-10-24)20(15(2)23(14)3)30(26,27)22-16-7-8-17-18(13-16)29-12-11-28-17/h7-8,13,22H,4-6,9-12H2,1-3H3. The van der Waals surface area contributed by atoms with Gasteiger partial charge < -0.3 is 18.9 Å². The van der Waals surface area contributed by atoms with Crippen molar-refractivity contribution in [2.24, 2.45) is 7.05 Å². The molecule has 2 aromatic rings. The first-order valence-corrected chi connectivity index (χ1v) is 11.7. The number of fused-ring (bicyclic) bond motifs is 1. The van der Waals surface area contributed by atoms with Gasteiger partial charge in [0.25, 0.3) is 15.9 Å². The van der Waals surface area contributed by atoms with Gasteiger partial charge in [-0.05, 0) is 45.2 Å². The van der Waals surface area contributed by atoms with Gasteiger partial charge in [-0.25, -0.2) is 8.42 Å². The summed E-state index contributed by atoms with van der Waals surface area (Å²) in [5, 5.41) is 0. The lowest BCUT2D eigenvalue weighted by atomic mass is 10.1. The molecule has 1 amide bonds. The van der Waals surface area contributed by atoms with E-state index in [0.717, 1.165) is 19.3 Å². The Morgan fingerprint density at radius 1 is 1.00 bits per heavy atom. The largest absolute Gasteiger partial charge is 0.486 e. The Labute approximate surface area is 176 Å². The molecule has 1 fully saturated rings. The number of hydrogen-bond acceptors (Lipinski definition) is 5. The van der Waals surface area contributed by atoms with E-state index in [0.29, 0.717) is 54.9 Å². The molecule has 0 radical (unpaired) electrons. The van der Waals surface area contributed by atoms with Crippen molar-refractivity contribution in [1.29, 1.82) is 0 Å². The van der Waals surface area contributed by atoms with Gasteiger partial charge in [0.05, 0.1) is 11.3 Å². The number of nitrogens with one attached hydrogen (secondary N) is 1. The van der Waals surface area contributed by atoms with E-state index in [9.17, 15) is 13.2 Å². The fraction of sp³-hybridized carbons (Fsp3) is 0.476. The minimum absolute atomic E-state index is 0.0352. The molecule has 2 aliphatic heterocycles. The van der Waals surface area contributed by atoms with Gasteiger partial charge >= 0.3 is 0 Å². The maximum Gasteiger partial charge on any atom is 0.264 e. The number of likely N-dealkylation sites (tertiary alicyclic amines) is 1. The van der Waals surface area contributed by atoms with Gasteiger partial charge in [-0.2, -0.15) is 0 Å². The minimum Gasteiger partial charge on any atom is -0.486 e. The fourth-order valence-corrected chi connectivity index (χ4v) is 5.63. The minimum atomic E-state index is -4.00. The third kappa shape index (κ3) is 3.62. The van der Waals surface area contributed by atoms with Gasteiger partial charge in [0.2, 0.25) is 0 Å². The summed E-state index contributed by atoms with van der Waals surface area (Å²) >= 11 is 0. The lowest BCUT2D eigenvalue weighted by Gasteiger charge is -2.27. The summed E-state index contributed by atoms with van der Waals surface area (Å²) in [5.41, 5.74) is 1.78. The highest BCUT2D eigenvalue weighted by Gasteiger charge is 2.33. The molecule has 8 nitrogen and oxygen atoms in total. The molecular weight excluding hydrogens is 406 g/mol. The molecule has 3 heterocycles. The van der Waals surface area contributed by atoms with Crippen molar-refractivity contribution in [3.63, 3.8) is 0 Å². The van der Waals surface area contributed by atoms with Gasteiger partial charge in [0, 0.05) is 37.6 Å². The van der Waals surface area contributed by atoms with Crippen LogP contribution in [0.25, 0.3) is 0 Å². The first-order chi connectivity index (χ1) is 14.3. The smallest absolute Gasteiger partial charge is 0.264 e. The lowest BCUT2D eigenvalue weighted by molar-refractivity contribution is 0.0720. The van der Waals surface area contributed by atoms with Crippen LogP contribution in [0.15, 0.2) is 23.1 Å². The molecular formula is C21H27N3O5S. The van der Waals surface area contributed by atoms with Crippen LogP contribution in [0.5, 0.6) is 11.5 Å². The maximum atomic E-state index is 13.4. The lowest BCUT2D eigenvalue weighted by Crippen LogP contribution is -2.36. The predicted octanol–water partition coefficient (Wildman–Crippen LogP) is 2.84. The summed E-state index contributed by atoms with van der Waals surface area (Å²) in [7, 11) is -2.22. The van der Waals surface area contributed by atoms with Crippen LogP contribution in [0.4, 0.5) is 5.69 Å². The van der Waals surface area contributed by atoms with E-state index in [-0.39, 0.29) is 16.4 Å². The van der Waals surface area contributed by atoms with Gasteiger partial charge in [0.1, 0.15) is 18.1 Å². The SMILES string of the molecule is Cc1c(C(=O)N2CCCCC2)c(S(=O)(=O)Nc2ccc3c(c2)OCCO3)c(C)n1C. The molecule has 1 saturated heterocycles. The van der Waals surface area contributed by atoms with E-state index in [2.05, 4.69) is 4.72 Å².